The van der Waals surface area contributed by atoms with Crippen molar-refractivity contribution in [2.75, 3.05) is 0 Å². The molecule has 0 spiro atoms. The predicted octanol–water partition coefficient (Wildman–Crippen LogP) is -1.24. The third kappa shape index (κ3) is 3.92. The van der Waals surface area contributed by atoms with Crippen LogP contribution in [0.4, 0.5) is 13.2 Å². The molecular formula is C7H5F3O4-2. The molecule has 7 heteroatoms. The molecule has 0 bridgehead atoms. The lowest BCUT2D eigenvalue weighted by atomic mass is 10.1. The molecule has 0 unspecified atom stereocenters. The Morgan fingerprint density at radius 1 is 1.14 bits per heavy atom. The molecule has 0 aliphatic rings. The van der Waals surface area contributed by atoms with E-state index in [0.717, 1.165) is 0 Å². The number of carbonyl (C=O) groups is 2. The van der Waals surface area contributed by atoms with Crippen molar-refractivity contribution in [2.24, 2.45) is 0 Å². The molecule has 0 atom stereocenters. The van der Waals surface area contributed by atoms with Crippen molar-refractivity contribution < 1.29 is 33.0 Å². The van der Waals surface area contributed by atoms with E-state index in [4.69, 9.17) is 0 Å². The van der Waals surface area contributed by atoms with Crippen molar-refractivity contribution in [1.82, 2.24) is 0 Å². The van der Waals surface area contributed by atoms with Crippen molar-refractivity contribution in [3.63, 3.8) is 0 Å². The maximum Gasteiger partial charge on any atom is 0.393 e. The van der Waals surface area contributed by atoms with Gasteiger partial charge in [0.1, 0.15) is 0 Å². The lowest BCUT2D eigenvalue weighted by Gasteiger charge is -2.15. The Morgan fingerprint density at radius 2 is 1.57 bits per heavy atom. The Labute approximate surface area is 76.6 Å². The van der Waals surface area contributed by atoms with Gasteiger partial charge in [0, 0.05) is 0 Å². The Hall–Kier alpha value is -1.53. The van der Waals surface area contributed by atoms with Crippen LogP contribution in [0, 0.1) is 0 Å². The quantitative estimate of drug-likeness (QED) is 0.545. The Bertz CT molecular complexity index is 290. The van der Waals surface area contributed by atoms with Gasteiger partial charge in [0.15, 0.2) is 0 Å². The first-order valence-electron chi connectivity index (χ1n) is 3.34. The summed E-state index contributed by atoms with van der Waals surface area (Å²) in [4.78, 5) is 20.3. The van der Waals surface area contributed by atoms with Crippen LogP contribution in [0.25, 0.3) is 0 Å². The minimum atomic E-state index is -4.80. The smallest absolute Gasteiger partial charge is 0.393 e. The molecule has 0 aliphatic heterocycles. The fourth-order valence-electron chi connectivity index (χ4n) is 0.681. The number of carboxylic acid groups (broad SMARTS) is 2. The molecule has 0 radical (unpaired) electrons. The van der Waals surface area contributed by atoms with Crippen LogP contribution < -0.4 is 10.2 Å². The van der Waals surface area contributed by atoms with E-state index in [1.807, 2.05) is 0 Å². The minimum Gasteiger partial charge on any atom is -0.545 e. The molecule has 0 aliphatic carbocycles. The van der Waals surface area contributed by atoms with Crippen LogP contribution in [0.1, 0.15) is 13.3 Å². The molecule has 0 saturated carbocycles. The van der Waals surface area contributed by atoms with Gasteiger partial charge in [0.2, 0.25) is 0 Å². The monoisotopic (exact) mass is 210 g/mol. The van der Waals surface area contributed by atoms with E-state index in [-0.39, 0.29) is 0 Å². The highest BCUT2D eigenvalue weighted by Gasteiger charge is 2.30. The second-order valence-electron chi connectivity index (χ2n) is 2.47. The van der Waals surface area contributed by atoms with Crippen LogP contribution in [0.3, 0.4) is 0 Å². The molecule has 0 aromatic rings. The van der Waals surface area contributed by atoms with Crippen LogP contribution >= 0.6 is 0 Å². The lowest BCUT2D eigenvalue weighted by molar-refractivity contribution is -0.304. The minimum absolute atomic E-state index is 0.714. The first-order chi connectivity index (χ1) is 6.15. The van der Waals surface area contributed by atoms with Crippen molar-refractivity contribution >= 4 is 11.9 Å². The summed E-state index contributed by atoms with van der Waals surface area (Å²) in [6.45, 7) is 0.714. The third-order valence-corrected chi connectivity index (χ3v) is 1.38. The molecular weight excluding hydrogens is 205 g/mol. The molecule has 4 nitrogen and oxygen atoms in total. The number of rotatable bonds is 3. The molecule has 0 amide bonds. The summed E-state index contributed by atoms with van der Waals surface area (Å²) in [6.07, 6.45) is -6.65. The van der Waals surface area contributed by atoms with Gasteiger partial charge in [-0.25, -0.2) is 0 Å². The summed E-state index contributed by atoms with van der Waals surface area (Å²) in [7, 11) is 0. The van der Waals surface area contributed by atoms with Crippen LogP contribution in [0.15, 0.2) is 11.1 Å². The molecule has 0 heterocycles. The largest absolute Gasteiger partial charge is 0.545 e. The average molecular weight is 210 g/mol. The lowest BCUT2D eigenvalue weighted by Crippen LogP contribution is -2.32. The van der Waals surface area contributed by atoms with E-state index in [2.05, 4.69) is 0 Å². The highest BCUT2D eigenvalue weighted by molar-refractivity contribution is 5.96. The van der Waals surface area contributed by atoms with E-state index in [1.165, 1.54) is 0 Å². The number of carboxylic acids is 2. The van der Waals surface area contributed by atoms with Crippen LogP contribution in [-0.2, 0) is 9.59 Å². The SMILES string of the molecule is CC(C(=O)[O-])=C(CC(F)(F)F)C(=O)[O-]. The van der Waals surface area contributed by atoms with Gasteiger partial charge in [-0.15, -0.1) is 0 Å². The van der Waals surface area contributed by atoms with Gasteiger partial charge >= 0.3 is 6.18 Å². The van der Waals surface area contributed by atoms with E-state index in [9.17, 15) is 33.0 Å². The number of halogens is 3. The second kappa shape index (κ2) is 4.12. The molecule has 0 aromatic carbocycles. The normalized spacial score (nSPS) is 13.4. The molecule has 0 N–H and O–H groups in total. The average Bonchev–Trinajstić information content (AvgIpc) is 1.96. The molecule has 0 saturated heterocycles. The van der Waals surface area contributed by atoms with Gasteiger partial charge in [-0.05, 0) is 18.1 Å². The van der Waals surface area contributed by atoms with E-state index >= 15 is 0 Å². The summed E-state index contributed by atoms with van der Waals surface area (Å²) < 4.78 is 35.3. The topological polar surface area (TPSA) is 80.3 Å². The van der Waals surface area contributed by atoms with Crippen molar-refractivity contribution in [1.29, 1.82) is 0 Å². The summed E-state index contributed by atoms with van der Waals surface area (Å²) in [5.41, 5.74) is -2.31. The summed E-state index contributed by atoms with van der Waals surface area (Å²) in [6, 6.07) is 0. The van der Waals surface area contributed by atoms with E-state index in [0.29, 0.717) is 6.92 Å². The first kappa shape index (κ1) is 12.5. The van der Waals surface area contributed by atoms with Gasteiger partial charge in [0.05, 0.1) is 18.4 Å². The third-order valence-electron chi connectivity index (χ3n) is 1.38. The molecule has 14 heavy (non-hydrogen) atoms. The van der Waals surface area contributed by atoms with Gasteiger partial charge < -0.3 is 19.8 Å². The number of hydrogen-bond donors (Lipinski definition) is 0. The standard InChI is InChI=1S/C7H7F3O4/c1-3(5(11)12)4(6(13)14)2-7(8,9)10/h2H2,1H3,(H,11,12)(H,13,14)/p-2. The second-order valence-corrected chi connectivity index (χ2v) is 2.47. The molecule has 0 fully saturated rings. The first-order valence-corrected chi connectivity index (χ1v) is 3.34. The van der Waals surface area contributed by atoms with Gasteiger partial charge in [-0.3, -0.25) is 0 Å². The van der Waals surface area contributed by atoms with Gasteiger partial charge in [0.25, 0.3) is 0 Å². The Kier molecular flexibility index (Phi) is 3.67. The fraction of sp³-hybridized carbons (Fsp3) is 0.429. The predicted molar refractivity (Wildman–Crippen MR) is 33.4 cm³/mol. The van der Waals surface area contributed by atoms with Crippen molar-refractivity contribution in [2.45, 2.75) is 19.5 Å². The summed E-state index contributed by atoms with van der Waals surface area (Å²) in [5, 5.41) is 20.3. The fourth-order valence-corrected chi connectivity index (χ4v) is 0.681. The number of hydrogen-bond acceptors (Lipinski definition) is 4. The van der Waals surface area contributed by atoms with Gasteiger partial charge in [-0.1, -0.05) is 0 Å². The van der Waals surface area contributed by atoms with Crippen LogP contribution in [-0.4, -0.2) is 18.1 Å². The summed E-state index contributed by atoms with van der Waals surface area (Å²) >= 11 is 0. The van der Waals surface area contributed by atoms with Crippen molar-refractivity contribution in [3.05, 3.63) is 11.1 Å². The zero-order valence-electron chi connectivity index (χ0n) is 6.97. The van der Waals surface area contributed by atoms with Crippen molar-refractivity contribution in [3.8, 4) is 0 Å². The molecule has 0 rings (SSSR count). The molecule has 80 valence electrons. The zero-order valence-corrected chi connectivity index (χ0v) is 6.97. The van der Waals surface area contributed by atoms with Gasteiger partial charge in [-0.2, -0.15) is 13.2 Å². The summed E-state index contributed by atoms with van der Waals surface area (Å²) in [5.74, 6) is -4.13. The number of carbonyl (C=O) groups excluding carboxylic acids is 2. The van der Waals surface area contributed by atoms with E-state index < -0.39 is 35.7 Å². The van der Waals surface area contributed by atoms with Crippen LogP contribution in [0.5, 0.6) is 0 Å². The zero-order chi connectivity index (χ0) is 11.5. The maximum absolute atomic E-state index is 11.8. The maximum atomic E-state index is 11.8. The Morgan fingerprint density at radius 3 is 1.79 bits per heavy atom. The highest BCUT2D eigenvalue weighted by atomic mass is 19.4. The number of alkyl halides is 3. The van der Waals surface area contributed by atoms with E-state index in [1.54, 1.807) is 0 Å². The van der Waals surface area contributed by atoms with Crippen LogP contribution in [0.2, 0.25) is 0 Å². The highest BCUT2D eigenvalue weighted by Crippen LogP contribution is 2.25. The Balaban J connectivity index is 5.07. The molecule has 0 aromatic heterocycles. The number of aliphatic carboxylic acids is 2.